The van der Waals surface area contributed by atoms with Crippen LogP contribution in [-0.2, 0) is 16.0 Å². The number of likely N-dealkylation sites (tertiary alicyclic amines) is 1. The molecule has 1 amide bonds. The fourth-order valence-corrected chi connectivity index (χ4v) is 2.04. The largest absolute Gasteiger partial charge is 0.481 e. The standard InChI is InChI=1S/C11H14N4O4/c12-7-4-9(16)14-8(13-7)1-2-15-5-6(11(18)19)3-10(15)17/h4,6H,1-3,5H2,(H,18,19)(H3,12,13,14,16). The topological polar surface area (TPSA) is 129 Å². The first kappa shape index (κ1) is 13.1. The zero-order valence-corrected chi connectivity index (χ0v) is 10.1. The molecule has 4 N–H and O–H groups in total. The molecule has 2 rings (SSSR count). The van der Waals surface area contributed by atoms with Crippen molar-refractivity contribution in [2.45, 2.75) is 12.8 Å². The van der Waals surface area contributed by atoms with Gasteiger partial charge in [-0.1, -0.05) is 0 Å². The normalized spacial score (nSPS) is 18.8. The van der Waals surface area contributed by atoms with Crippen molar-refractivity contribution in [2.75, 3.05) is 18.8 Å². The number of carboxylic acid groups (broad SMARTS) is 1. The molecular weight excluding hydrogens is 252 g/mol. The molecule has 1 unspecified atom stereocenters. The van der Waals surface area contributed by atoms with Crippen molar-refractivity contribution in [2.24, 2.45) is 5.92 Å². The van der Waals surface area contributed by atoms with Gasteiger partial charge in [-0.2, -0.15) is 0 Å². The van der Waals surface area contributed by atoms with Gasteiger partial charge in [0.05, 0.1) is 5.92 Å². The van der Waals surface area contributed by atoms with E-state index < -0.39 is 11.9 Å². The van der Waals surface area contributed by atoms with E-state index in [9.17, 15) is 14.4 Å². The van der Waals surface area contributed by atoms with Crippen molar-refractivity contribution in [1.82, 2.24) is 14.9 Å². The minimum Gasteiger partial charge on any atom is -0.481 e. The third-order valence-corrected chi connectivity index (χ3v) is 2.99. The molecule has 1 atom stereocenters. The third kappa shape index (κ3) is 3.09. The SMILES string of the molecule is Nc1cc(=O)[nH]c(CCN2CC(C(=O)O)CC2=O)n1. The van der Waals surface area contributed by atoms with Gasteiger partial charge in [0.15, 0.2) is 0 Å². The van der Waals surface area contributed by atoms with Gasteiger partial charge < -0.3 is 20.7 Å². The van der Waals surface area contributed by atoms with Crippen LogP contribution in [0.5, 0.6) is 0 Å². The van der Waals surface area contributed by atoms with Gasteiger partial charge in [0, 0.05) is 32.0 Å². The second-order valence-electron chi connectivity index (χ2n) is 4.45. The zero-order chi connectivity index (χ0) is 14.0. The Labute approximate surface area is 108 Å². The first-order chi connectivity index (χ1) is 8.95. The van der Waals surface area contributed by atoms with Gasteiger partial charge in [0.1, 0.15) is 11.6 Å². The lowest BCUT2D eigenvalue weighted by Gasteiger charge is -2.15. The summed E-state index contributed by atoms with van der Waals surface area (Å²) in [4.78, 5) is 41.5. The van der Waals surface area contributed by atoms with Gasteiger partial charge in [-0.15, -0.1) is 0 Å². The molecule has 102 valence electrons. The fraction of sp³-hybridized carbons (Fsp3) is 0.455. The number of carboxylic acids is 1. The van der Waals surface area contributed by atoms with Gasteiger partial charge in [-0.25, -0.2) is 4.98 Å². The van der Waals surface area contributed by atoms with Crippen LogP contribution >= 0.6 is 0 Å². The van der Waals surface area contributed by atoms with Crippen molar-refractivity contribution >= 4 is 17.7 Å². The van der Waals surface area contributed by atoms with Crippen LogP contribution < -0.4 is 11.3 Å². The smallest absolute Gasteiger partial charge is 0.308 e. The predicted molar refractivity (Wildman–Crippen MR) is 65.3 cm³/mol. The first-order valence-corrected chi connectivity index (χ1v) is 5.82. The summed E-state index contributed by atoms with van der Waals surface area (Å²) in [7, 11) is 0. The summed E-state index contributed by atoms with van der Waals surface area (Å²) in [6.45, 7) is 0.510. The van der Waals surface area contributed by atoms with E-state index >= 15 is 0 Å². The minimum atomic E-state index is -0.966. The summed E-state index contributed by atoms with van der Waals surface area (Å²) in [5.74, 6) is -1.31. The highest BCUT2D eigenvalue weighted by Gasteiger charge is 2.33. The molecule has 0 spiro atoms. The molecule has 1 aromatic heterocycles. The van der Waals surface area contributed by atoms with Crippen molar-refractivity contribution in [1.29, 1.82) is 0 Å². The molecule has 1 fully saturated rings. The Morgan fingerprint density at radius 2 is 2.32 bits per heavy atom. The molecule has 1 aliphatic rings. The van der Waals surface area contributed by atoms with E-state index in [-0.39, 0.29) is 30.2 Å². The van der Waals surface area contributed by atoms with Crippen LogP contribution in [0.1, 0.15) is 12.2 Å². The number of nitrogens with one attached hydrogen (secondary N) is 1. The zero-order valence-electron chi connectivity index (χ0n) is 10.1. The lowest BCUT2D eigenvalue weighted by atomic mass is 10.1. The molecule has 0 aromatic carbocycles. The quantitative estimate of drug-likeness (QED) is 0.629. The second-order valence-corrected chi connectivity index (χ2v) is 4.45. The molecule has 0 bridgehead atoms. The van der Waals surface area contributed by atoms with Crippen LogP contribution in [0.4, 0.5) is 5.82 Å². The number of aromatic nitrogens is 2. The van der Waals surface area contributed by atoms with E-state index in [2.05, 4.69) is 9.97 Å². The number of nitrogen functional groups attached to an aromatic ring is 1. The maximum Gasteiger partial charge on any atom is 0.308 e. The highest BCUT2D eigenvalue weighted by molar-refractivity contribution is 5.86. The van der Waals surface area contributed by atoms with Gasteiger partial charge in [-0.05, 0) is 0 Å². The number of rotatable bonds is 4. The number of nitrogens with zero attached hydrogens (tertiary/aromatic N) is 2. The average Bonchev–Trinajstić information content (AvgIpc) is 2.67. The van der Waals surface area contributed by atoms with Crippen LogP contribution in [0.3, 0.4) is 0 Å². The van der Waals surface area contributed by atoms with E-state index in [0.29, 0.717) is 18.8 Å². The monoisotopic (exact) mass is 266 g/mol. The van der Waals surface area contributed by atoms with Crippen molar-refractivity contribution < 1.29 is 14.7 Å². The van der Waals surface area contributed by atoms with Gasteiger partial charge in [0.2, 0.25) is 5.91 Å². The maximum atomic E-state index is 11.6. The van der Waals surface area contributed by atoms with E-state index in [0.717, 1.165) is 0 Å². The average molecular weight is 266 g/mol. The van der Waals surface area contributed by atoms with Crippen LogP contribution in [0.2, 0.25) is 0 Å². The van der Waals surface area contributed by atoms with E-state index in [1.807, 2.05) is 0 Å². The van der Waals surface area contributed by atoms with E-state index in [1.54, 1.807) is 0 Å². The molecule has 1 aliphatic heterocycles. The Kier molecular flexibility index (Phi) is 3.50. The number of H-pyrrole nitrogens is 1. The first-order valence-electron chi connectivity index (χ1n) is 5.82. The Hall–Kier alpha value is -2.38. The van der Waals surface area contributed by atoms with E-state index in [4.69, 9.17) is 10.8 Å². The number of nitrogens with two attached hydrogens (primary N) is 1. The number of aromatic amines is 1. The highest BCUT2D eigenvalue weighted by Crippen LogP contribution is 2.17. The summed E-state index contributed by atoms with van der Waals surface area (Å²) in [6, 6.07) is 1.17. The molecule has 0 radical (unpaired) electrons. The second kappa shape index (κ2) is 5.09. The third-order valence-electron chi connectivity index (χ3n) is 2.99. The molecule has 1 aromatic rings. The Morgan fingerprint density at radius 1 is 1.58 bits per heavy atom. The number of anilines is 1. The van der Waals surface area contributed by atoms with Crippen molar-refractivity contribution in [3.05, 3.63) is 22.2 Å². The summed E-state index contributed by atoms with van der Waals surface area (Å²) in [5, 5.41) is 8.85. The van der Waals surface area contributed by atoms with Crippen LogP contribution in [0.25, 0.3) is 0 Å². The molecule has 8 heteroatoms. The molecule has 2 heterocycles. The lowest BCUT2D eigenvalue weighted by Crippen LogP contribution is -2.29. The molecule has 8 nitrogen and oxygen atoms in total. The number of aliphatic carboxylic acids is 1. The van der Waals surface area contributed by atoms with Gasteiger partial charge >= 0.3 is 5.97 Å². The van der Waals surface area contributed by atoms with Crippen molar-refractivity contribution in [3.63, 3.8) is 0 Å². The van der Waals surface area contributed by atoms with Crippen LogP contribution in [-0.4, -0.2) is 44.9 Å². The maximum absolute atomic E-state index is 11.6. The van der Waals surface area contributed by atoms with E-state index in [1.165, 1.54) is 11.0 Å². The lowest BCUT2D eigenvalue weighted by molar-refractivity contribution is -0.141. The predicted octanol–water partition coefficient (Wildman–Crippen LogP) is -1.17. The van der Waals surface area contributed by atoms with Crippen LogP contribution in [0, 0.1) is 5.92 Å². The molecule has 0 aliphatic carbocycles. The summed E-state index contributed by atoms with van der Waals surface area (Å²) in [6.07, 6.45) is 0.356. The Morgan fingerprint density at radius 3 is 2.89 bits per heavy atom. The number of hydrogen-bond acceptors (Lipinski definition) is 5. The summed E-state index contributed by atoms with van der Waals surface area (Å²) >= 11 is 0. The molecule has 0 saturated carbocycles. The van der Waals surface area contributed by atoms with Crippen molar-refractivity contribution in [3.8, 4) is 0 Å². The molecule has 1 saturated heterocycles. The molecule has 19 heavy (non-hydrogen) atoms. The van der Waals surface area contributed by atoms with Gasteiger partial charge in [0.25, 0.3) is 5.56 Å². The summed E-state index contributed by atoms with van der Waals surface area (Å²) < 4.78 is 0. The number of carbonyl (C=O) groups excluding carboxylic acids is 1. The Balaban J connectivity index is 1.97. The Bertz CT molecular complexity index is 568. The van der Waals surface area contributed by atoms with Crippen LogP contribution in [0.15, 0.2) is 10.9 Å². The summed E-state index contributed by atoms with van der Waals surface area (Å²) in [5.41, 5.74) is 5.09. The number of carbonyl (C=O) groups is 2. The minimum absolute atomic E-state index is 0.0240. The molecular formula is C11H14N4O4. The number of amides is 1. The highest BCUT2D eigenvalue weighted by atomic mass is 16.4. The fourth-order valence-electron chi connectivity index (χ4n) is 2.04. The number of hydrogen-bond donors (Lipinski definition) is 3. The van der Waals surface area contributed by atoms with Gasteiger partial charge in [-0.3, -0.25) is 14.4 Å².